The van der Waals surface area contributed by atoms with Crippen molar-refractivity contribution in [3.8, 4) is 11.5 Å². The number of piperazine rings is 2. The number of hydrogen-bond acceptors (Lipinski definition) is 7. The molecule has 49 heavy (non-hydrogen) atoms. The minimum atomic E-state index is -0.445. The summed E-state index contributed by atoms with van der Waals surface area (Å²) < 4.78 is 17.1. The summed E-state index contributed by atoms with van der Waals surface area (Å²) in [5.41, 5.74) is 2.04. The fraction of sp³-hybridized carbons (Fsp3) is 0.683. The number of unbranched alkanes of at least 4 members (excludes halogenated alkanes) is 10. The maximum absolute atomic E-state index is 12.2. The van der Waals surface area contributed by atoms with Crippen molar-refractivity contribution in [1.29, 1.82) is 0 Å². The largest absolute Gasteiger partial charge is 0.494 e. The highest BCUT2D eigenvalue weighted by molar-refractivity contribution is 5.68. The monoisotopic (exact) mass is 681 g/mol. The van der Waals surface area contributed by atoms with E-state index in [0.717, 1.165) is 70.4 Å². The second kappa shape index (κ2) is 23.3. The molecule has 0 radical (unpaired) electrons. The van der Waals surface area contributed by atoms with Crippen molar-refractivity contribution in [2.75, 3.05) is 75.4 Å². The Morgan fingerprint density at radius 1 is 0.592 bits per heavy atom. The molecule has 0 aliphatic carbocycles. The standard InChI is InChI=1S/C23H38N2O3.C18H30N2O/c1-5-6-7-8-9-10-19-27-21-13-11-20(12-14-21)24-15-17-25(18-16-24)22(26)28-23(2,3)4;1-2-3-4-5-6-7-16-21-18-10-8-17(9-11-18)20-14-12-19-13-15-20/h11-14H,5-10,15-19H2,1-4H3;8-11,19H,2-7,12-16H2,1H3. The maximum atomic E-state index is 12.2. The van der Waals surface area contributed by atoms with E-state index in [-0.39, 0.29) is 6.09 Å². The van der Waals surface area contributed by atoms with Crippen LogP contribution in [0.2, 0.25) is 0 Å². The van der Waals surface area contributed by atoms with Gasteiger partial charge in [0.25, 0.3) is 0 Å². The van der Waals surface area contributed by atoms with Crippen LogP contribution in [-0.4, -0.2) is 82.2 Å². The summed E-state index contributed by atoms with van der Waals surface area (Å²) in [6.45, 7) is 19.2. The van der Waals surface area contributed by atoms with Crippen LogP contribution in [-0.2, 0) is 4.74 Å². The van der Waals surface area contributed by atoms with Gasteiger partial charge in [-0.3, -0.25) is 0 Å². The maximum Gasteiger partial charge on any atom is 0.410 e. The van der Waals surface area contributed by atoms with E-state index < -0.39 is 5.60 Å². The molecule has 0 spiro atoms. The molecule has 2 saturated heterocycles. The highest BCUT2D eigenvalue weighted by Crippen LogP contribution is 2.23. The molecule has 0 atom stereocenters. The Hall–Kier alpha value is -3.13. The third kappa shape index (κ3) is 16.9. The molecule has 1 N–H and O–H groups in total. The molecule has 2 aromatic rings. The predicted octanol–water partition coefficient (Wildman–Crippen LogP) is 9.32. The first kappa shape index (κ1) is 40.3. The summed E-state index contributed by atoms with van der Waals surface area (Å²) in [6.07, 6.45) is 15.3. The minimum absolute atomic E-state index is 0.217. The van der Waals surface area contributed by atoms with Crippen molar-refractivity contribution < 1.29 is 19.0 Å². The van der Waals surface area contributed by atoms with Crippen LogP contribution < -0.4 is 24.6 Å². The van der Waals surface area contributed by atoms with Crippen molar-refractivity contribution in [2.45, 2.75) is 117 Å². The molecule has 4 rings (SSSR count). The van der Waals surface area contributed by atoms with E-state index in [4.69, 9.17) is 14.2 Å². The minimum Gasteiger partial charge on any atom is -0.494 e. The van der Waals surface area contributed by atoms with Gasteiger partial charge in [-0.1, -0.05) is 78.1 Å². The summed E-state index contributed by atoms with van der Waals surface area (Å²) in [4.78, 5) is 18.7. The molecule has 276 valence electrons. The summed E-state index contributed by atoms with van der Waals surface area (Å²) in [7, 11) is 0. The number of amides is 1. The molecule has 2 aliphatic heterocycles. The van der Waals surface area contributed by atoms with Crippen LogP contribution in [0.5, 0.6) is 11.5 Å². The van der Waals surface area contributed by atoms with Crippen molar-refractivity contribution in [1.82, 2.24) is 10.2 Å². The Labute approximate surface area is 298 Å². The van der Waals surface area contributed by atoms with Gasteiger partial charge in [-0.25, -0.2) is 4.79 Å². The fourth-order valence-corrected chi connectivity index (χ4v) is 6.05. The molecule has 0 bridgehead atoms. The molecule has 0 saturated carbocycles. The van der Waals surface area contributed by atoms with Gasteiger partial charge in [-0.05, 0) is 82.1 Å². The van der Waals surface area contributed by atoms with E-state index >= 15 is 0 Å². The third-order valence-corrected chi connectivity index (χ3v) is 8.99. The second-order valence-electron chi connectivity index (χ2n) is 14.4. The molecule has 0 aromatic heterocycles. The lowest BCUT2D eigenvalue weighted by Crippen LogP contribution is -2.50. The van der Waals surface area contributed by atoms with E-state index in [1.54, 1.807) is 4.90 Å². The van der Waals surface area contributed by atoms with Gasteiger partial charge < -0.3 is 34.2 Å². The lowest BCUT2D eigenvalue weighted by Gasteiger charge is -2.36. The topological polar surface area (TPSA) is 66.5 Å². The van der Waals surface area contributed by atoms with Gasteiger partial charge in [-0.2, -0.15) is 0 Å². The Morgan fingerprint density at radius 3 is 1.43 bits per heavy atom. The summed E-state index contributed by atoms with van der Waals surface area (Å²) in [5, 5.41) is 3.38. The first-order chi connectivity index (χ1) is 23.8. The zero-order chi connectivity index (χ0) is 35.2. The molecule has 2 aliphatic rings. The number of carbonyl (C=O) groups is 1. The first-order valence-electron chi connectivity index (χ1n) is 19.4. The van der Waals surface area contributed by atoms with Gasteiger partial charge >= 0.3 is 6.09 Å². The van der Waals surface area contributed by atoms with Crippen LogP contribution in [0.15, 0.2) is 48.5 Å². The molecule has 1 amide bonds. The number of anilines is 2. The number of rotatable bonds is 18. The van der Waals surface area contributed by atoms with Crippen molar-refractivity contribution >= 4 is 17.5 Å². The summed E-state index contributed by atoms with van der Waals surface area (Å²) in [6, 6.07) is 16.9. The molecule has 0 unspecified atom stereocenters. The second-order valence-corrected chi connectivity index (χ2v) is 14.4. The van der Waals surface area contributed by atoms with Crippen LogP contribution in [0.3, 0.4) is 0 Å². The average molecular weight is 681 g/mol. The third-order valence-electron chi connectivity index (χ3n) is 8.99. The smallest absolute Gasteiger partial charge is 0.410 e. The van der Waals surface area contributed by atoms with Crippen LogP contribution in [0.4, 0.5) is 16.2 Å². The van der Waals surface area contributed by atoms with Crippen LogP contribution >= 0.6 is 0 Å². The van der Waals surface area contributed by atoms with E-state index in [2.05, 4.69) is 65.4 Å². The Morgan fingerprint density at radius 2 is 1.00 bits per heavy atom. The van der Waals surface area contributed by atoms with Crippen molar-refractivity contribution in [3.05, 3.63) is 48.5 Å². The molecule has 2 fully saturated rings. The molecule has 2 aromatic carbocycles. The van der Waals surface area contributed by atoms with Gasteiger partial charge in [0.2, 0.25) is 0 Å². The van der Waals surface area contributed by atoms with Gasteiger partial charge in [0, 0.05) is 63.7 Å². The predicted molar refractivity (Wildman–Crippen MR) is 206 cm³/mol. The number of ether oxygens (including phenoxy) is 3. The molecule has 8 heteroatoms. The van der Waals surface area contributed by atoms with Gasteiger partial charge in [0.05, 0.1) is 13.2 Å². The Balaban J connectivity index is 0.000000276. The van der Waals surface area contributed by atoms with Crippen LogP contribution in [0, 0.1) is 0 Å². The molecule has 8 nitrogen and oxygen atoms in total. The lowest BCUT2D eigenvalue weighted by molar-refractivity contribution is 0.0240. The number of carbonyl (C=O) groups excluding carboxylic acids is 1. The molecular weight excluding hydrogens is 612 g/mol. The summed E-state index contributed by atoms with van der Waals surface area (Å²) in [5.74, 6) is 1.94. The van der Waals surface area contributed by atoms with Crippen molar-refractivity contribution in [3.63, 3.8) is 0 Å². The van der Waals surface area contributed by atoms with E-state index in [1.165, 1.54) is 82.0 Å². The van der Waals surface area contributed by atoms with Gasteiger partial charge in [0.1, 0.15) is 17.1 Å². The fourth-order valence-electron chi connectivity index (χ4n) is 6.05. The van der Waals surface area contributed by atoms with Gasteiger partial charge in [0.15, 0.2) is 0 Å². The average Bonchev–Trinajstić information content (AvgIpc) is 3.11. The number of nitrogens with one attached hydrogen (secondary N) is 1. The lowest BCUT2D eigenvalue weighted by atomic mass is 10.1. The van der Waals surface area contributed by atoms with Crippen molar-refractivity contribution in [2.24, 2.45) is 0 Å². The highest BCUT2D eigenvalue weighted by atomic mass is 16.6. The Bertz CT molecular complexity index is 1120. The first-order valence-corrected chi connectivity index (χ1v) is 19.4. The SMILES string of the molecule is CCCCCCCCOc1ccc(N2CCN(C(=O)OC(C)(C)C)CC2)cc1.CCCCCCCCOc1ccc(N2CCNCC2)cc1. The van der Waals surface area contributed by atoms with E-state index in [0.29, 0.717) is 13.1 Å². The molecular formula is C41H68N4O4. The molecule has 2 heterocycles. The number of nitrogens with zero attached hydrogens (tertiary/aromatic N) is 3. The zero-order valence-electron chi connectivity index (χ0n) is 31.6. The Kier molecular flexibility index (Phi) is 19.2. The quantitative estimate of drug-likeness (QED) is 0.157. The van der Waals surface area contributed by atoms with E-state index in [9.17, 15) is 4.79 Å². The summed E-state index contributed by atoms with van der Waals surface area (Å²) >= 11 is 0. The van der Waals surface area contributed by atoms with Crippen LogP contribution in [0.25, 0.3) is 0 Å². The van der Waals surface area contributed by atoms with E-state index in [1.807, 2.05) is 32.9 Å². The highest BCUT2D eigenvalue weighted by Gasteiger charge is 2.26. The zero-order valence-corrected chi connectivity index (χ0v) is 31.6. The number of benzene rings is 2. The van der Waals surface area contributed by atoms with Gasteiger partial charge in [-0.15, -0.1) is 0 Å². The van der Waals surface area contributed by atoms with Crippen LogP contribution in [0.1, 0.15) is 112 Å². The number of hydrogen-bond donors (Lipinski definition) is 1. The normalized spacial score (nSPS) is 15.0.